The minimum absolute atomic E-state index is 0.189. The van der Waals surface area contributed by atoms with E-state index >= 15 is 0 Å². The van der Waals surface area contributed by atoms with Crippen molar-refractivity contribution in [2.24, 2.45) is 0 Å². The molecule has 1 aliphatic heterocycles. The molecule has 0 spiro atoms. The SMILES string of the molecule is CC1(c2ccc(F)cc2)NC(=O)N(Cc2ccc(Br)cc2)C1=O. The van der Waals surface area contributed by atoms with Crippen LogP contribution in [-0.2, 0) is 16.9 Å². The average molecular weight is 377 g/mol. The number of rotatable bonds is 3. The number of hydrogen-bond donors (Lipinski definition) is 1. The van der Waals surface area contributed by atoms with Crippen molar-refractivity contribution in [2.75, 3.05) is 0 Å². The number of nitrogens with one attached hydrogen (secondary N) is 1. The number of carbonyl (C=O) groups is 2. The van der Waals surface area contributed by atoms with E-state index in [1.54, 1.807) is 6.92 Å². The van der Waals surface area contributed by atoms with Crippen molar-refractivity contribution in [2.45, 2.75) is 19.0 Å². The molecule has 0 radical (unpaired) electrons. The maximum absolute atomic E-state index is 13.1. The summed E-state index contributed by atoms with van der Waals surface area (Å²) in [7, 11) is 0. The molecular formula is C17H14BrFN2O2. The standard InChI is InChI=1S/C17H14BrFN2O2/c1-17(12-4-8-14(19)9-5-12)15(22)21(16(23)20-17)10-11-2-6-13(18)7-3-11/h2-9H,10H2,1H3,(H,20,23). The lowest BCUT2D eigenvalue weighted by Crippen LogP contribution is -2.40. The second kappa shape index (κ2) is 5.77. The van der Waals surface area contributed by atoms with E-state index in [-0.39, 0.29) is 18.3 Å². The lowest BCUT2D eigenvalue weighted by atomic mass is 9.92. The Morgan fingerprint density at radius 2 is 1.70 bits per heavy atom. The summed E-state index contributed by atoms with van der Waals surface area (Å²) in [5.41, 5.74) is 0.218. The molecule has 1 fully saturated rings. The van der Waals surface area contributed by atoms with Crippen LogP contribution in [0.3, 0.4) is 0 Å². The van der Waals surface area contributed by atoms with Gasteiger partial charge in [-0.1, -0.05) is 40.2 Å². The van der Waals surface area contributed by atoms with E-state index in [1.165, 1.54) is 29.2 Å². The monoisotopic (exact) mass is 376 g/mol. The second-order valence-electron chi connectivity index (χ2n) is 5.58. The Morgan fingerprint density at radius 3 is 2.30 bits per heavy atom. The van der Waals surface area contributed by atoms with Crippen LogP contribution in [-0.4, -0.2) is 16.8 Å². The van der Waals surface area contributed by atoms with Crippen molar-refractivity contribution in [3.63, 3.8) is 0 Å². The highest BCUT2D eigenvalue weighted by atomic mass is 79.9. The average Bonchev–Trinajstić information content (AvgIpc) is 2.74. The van der Waals surface area contributed by atoms with Crippen LogP contribution < -0.4 is 5.32 Å². The molecule has 0 aliphatic carbocycles. The summed E-state index contributed by atoms with van der Waals surface area (Å²) in [5, 5.41) is 2.70. The van der Waals surface area contributed by atoms with Gasteiger partial charge in [-0.3, -0.25) is 9.69 Å². The van der Waals surface area contributed by atoms with E-state index in [0.717, 1.165) is 10.0 Å². The molecule has 3 amide bonds. The summed E-state index contributed by atoms with van der Waals surface area (Å²) in [6, 6.07) is 12.5. The van der Waals surface area contributed by atoms with Gasteiger partial charge in [-0.15, -0.1) is 0 Å². The van der Waals surface area contributed by atoms with Gasteiger partial charge in [0.25, 0.3) is 5.91 Å². The second-order valence-corrected chi connectivity index (χ2v) is 6.50. The summed E-state index contributed by atoms with van der Waals surface area (Å²) in [5.74, 6) is -0.738. The third kappa shape index (κ3) is 2.86. The van der Waals surface area contributed by atoms with E-state index in [4.69, 9.17) is 0 Å². The number of urea groups is 1. The van der Waals surface area contributed by atoms with E-state index in [1.807, 2.05) is 24.3 Å². The Morgan fingerprint density at radius 1 is 1.09 bits per heavy atom. The summed E-state index contributed by atoms with van der Waals surface area (Å²) < 4.78 is 14.0. The van der Waals surface area contributed by atoms with Crippen molar-refractivity contribution in [3.8, 4) is 0 Å². The van der Waals surface area contributed by atoms with E-state index in [9.17, 15) is 14.0 Å². The molecule has 4 nitrogen and oxygen atoms in total. The molecule has 1 N–H and O–H groups in total. The highest BCUT2D eigenvalue weighted by Crippen LogP contribution is 2.30. The fraction of sp³-hybridized carbons (Fsp3) is 0.176. The molecule has 1 aliphatic rings. The van der Waals surface area contributed by atoms with Crippen LogP contribution >= 0.6 is 15.9 Å². The van der Waals surface area contributed by atoms with Crippen LogP contribution in [0.5, 0.6) is 0 Å². The molecule has 0 bridgehead atoms. The van der Waals surface area contributed by atoms with Crippen molar-refractivity contribution >= 4 is 27.9 Å². The van der Waals surface area contributed by atoms with E-state index in [2.05, 4.69) is 21.2 Å². The predicted octanol–water partition coefficient (Wildman–Crippen LogP) is 3.56. The molecule has 1 unspecified atom stereocenters. The zero-order chi connectivity index (χ0) is 16.6. The van der Waals surface area contributed by atoms with Crippen LogP contribution in [0.15, 0.2) is 53.0 Å². The molecule has 2 aromatic carbocycles. The quantitative estimate of drug-likeness (QED) is 0.832. The number of halogens is 2. The van der Waals surface area contributed by atoms with Crippen molar-refractivity contribution in [1.29, 1.82) is 0 Å². The van der Waals surface area contributed by atoms with Crippen LogP contribution in [0, 0.1) is 5.82 Å². The molecule has 1 atom stereocenters. The molecule has 23 heavy (non-hydrogen) atoms. The summed E-state index contributed by atoms with van der Waals surface area (Å²) in [6.07, 6.45) is 0. The highest BCUT2D eigenvalue weighted by molar-refractivity contribution is 9.10. The van der Waals surface area contributed by atoms with Crippen LogP contribution in [0.1, 0.15) is 18.1 Å². The third-order valence-corrected chi connectivity index (χ3v) is 4.48. The van der Waals surface area contributed by atoms with Crippen LogP contribution in [0.4, 0.5) is 9.18 Å². The molecule has 2 aromatic rings. The Balaban J connectivity index is 1.87. The predicted molar refractivity (Wildman–Crippen MR) is 87.0 cm³/mol. The zero-order valence-corrected chi connectivity index (χ0v) is 13.9. The van der Waals surface area contributed by atoms with Gasteiger partial charge < -0.3 is 5.32 Å². The number of amides is 3. The molecule has 1 heterocycles. The van der Waals surface area contributed by atoms with Gasteiger partial charge in [0.05, 0.1) is 6.54 Å². The van der Waals surface area contributed by atoms with Gasteiger partial charge in [-0.2, -0.15) is 0 Å². The van der Waals surface area contributed by atoms with Crippen molar-refractivity contribution < 1.29 is 14.0 Å². The number of benzene rings is 2. The maximum Gasteiger partial charge on any atom is 0.325 e. The summed E-state index contributed by atoms with van der Waals surface area (Å²) in [4.78, 5) is 26.1. The van der Waals surface area contributed by atoms with Gasteiger partial charge >= 0.3 is 6.03 Å². The van der Waals surface area contributed by atoms with Gasteiger partial charge in [0, 0.05) is 4.47 Å². The largest absolute Gasteiger partial charge is 0.325 e. The van der Waals surface area contributed by atoms with Crippen LogP contribution in [0.2, 0.25) is 0 Å². The van der Waals surface area contributed by atoms with Gasteiger partial charge in [0.1, 0.15) is 11.4 Å². The minimum atomic E-state index is -1.18. The normalized spacial score (nSPS) is 20.7. The molecule has 0 saturated carbocycles. The first-order chi connectivity index (χ1) is 10.9. The molecule has 118 valence electrons. The number of nitrogens with zero attached hydrogens (tertiary/aromatic N) is 1. The van der Waals surface area contributed by atoms with Gasteiger partial charge in [0.15, 0.2) is 0 Å². The van der Waals surface area contributed by atoms with Crippen molar-refractivity contribution in [3.05, 3.63) is 69.9 Å². The topological polar surface area (TPSA) is 49.4 Å². The molecule has 1 saturated heterocycles. The summed E-state index contributed by atoms with van der Waals surface area (Å²) >= 11 is 3.35. The van der Waals surface area contributed by atoms with Gasteiger partial charge in [0.2, 0.25) is 0 Å². The maximum atomic E-state index is 13.1. The fourth-order valence-electron chi connectivity index (χ4n) is 2.59. The fourth-order valence-corrected chi connectivity index (χ4v) is 2.86. The van der Waals surface area contributed by atoms with Crippen molar-refractivity contribution in [1.82, 2.24) is 10.2 Å². The zero-order valence-electron chi connectivity index (χ0n) is 12.3. The third-order valence-electron chi connectivity index (χ3n) is 3.95. The molecule has 3 rings (SSSR count). The Bertz CT molecular complexity index is 761. The van der Waals surface area contributed by atoms with Crippen LogP contribution in [0.25, 0.3) is 0 Å². The Kier molecular flexibility index (Phi) is 3.93. The number of carbonyl (C=O) groups excluding carboxylic acids is 2. The van der Waals surface area contributed by atoms with E-state index < -0.39 is 11.6 Å². The Hall–Kier alpha value is -2.21. The first-order valence-electron chi connectivity index (χ1n) is 7.05. The molecule has 0 aromatic heterocycles. The minimum Gasteiger partial charge on any atom is -0.319 e. The molecule has 6 heteroatoms. The number of imide groups is 1. The van der Waals surface area contributed by atoms with Gasteiger partial charge in [-0.25, -0.2) is 9.18 Å². The first-order valence-corrected chi connectivity index (χ1v) is 7.84. The highest BCUT2D eigenvalue weighted by Gasteiger charge is 2.48. The summed E-state index contributed by atoms with van der Waals surface area (Å²) in [6.45, 7) is 1.82. The van der Waals surface area contributed by atoms with Gasteiger partial charge in [-0.05, 0) is 42.3 Å². The smallest absolute Gasteiger partial charge is 0.319 e. The van der Waals surface area contributed by atoms with E-state index in [0.29, 0.717) is 5.56 Å². The lowest BCUT2D eigenvalue weighted by Gasteiger charge is -2.22. The lowest BCUT2D eigenvalue weighted by molar-refractivity contribution is -0.131. The first kappa shape index (κ1) is 15.7. The number of hydrogen-bond acceptors (Lipinski definition) is 2. The Labute approximate surface area is 141 Å². The molecular weight excluding hydrogens is 363 g/mol.